The second-order valence-electron chi connectivity index (χ2n) is 7.76. The van der Waals surface area contributed by atoms with E-state index in [1.165, 1.54) is 4.90 Å². The normalized spacial score (nSPS) is 15.5. The summed E-state index contributed by atoms with van der Waals surface area (Å²) in [6.07, 6.45) is 4.70. The molecule has 2 N–H and O–H groups in total. The molecular formula is C20H27N7O3. The van der Waals surface area contributed by atoms with Crippen molar-refractivity contribution in [2.45, 2.75) is 64.3 Å². The molecule has 10 nitrogen and oxygen atoms in total. The summed E-state index contributed by atoms with van der Waals surface area (Å²) in [6.45, 7) is 3.33. The zero-order chi connectivity index (χ0) is 21.9. The molecule has 1 aliphatic rings. The Labute approximate surface area is 175 Å². The van der Waals surface area contributed by atoms with Crippen molar-refractivity contribution >= 4 is 23.6 Å². The van der Waals surface area contributed by atoms with E-state index in [1.54, 1.807) is 11.6 Å². The van der Waals surface area contributed by atoms with Crippen LogP contribution in [0.15, 0.2) is 0 Å². The van der Waals surface area contributed by atoms with E-state index in [-0.39, 0.29) is 24.9 Å². The lowest BCUT2D eigenvalue weighted by Gasteiger charge is -2.38. The van der Waals surface area contributed by atoms with Crippen molar-refractivity contribution in [1.82, 2.24) is 24.5 Å². The minimum Gasteiger partial charge on any atom is -0.456 e. The molecule has 2 aromatic heterocycles. The molecule has 30 heavy (non-hydrogen) atoms. The highest BCUT2D eigenvalue weighted by atomic mass is 16.5. The molecule has 1 fully saturated rings. The second kappa shape index (κ2) is 8.65. The number of fused-ring (bicyclic) bond motifs is 1. The van der Waals surface area contributed by atoms with Gasteiger partial charge in [-0.05, 0) is 38.7 Å². The molecule has 0 spiro atoms. The minimum atomic E-state index is -0.795. The number of nitrogens with two attached hydrogens (primary N) is 1. The second-order valence-corrected chi connectivity index (χ2v) is 7.76. The van der Waals surface area contributed by atoms with E-state index < -0.39 is 11.5 Å². The van der Waals surface area contributed by atoms with Gasteiger partial charge in [0.05, 0.1) is 6.07 Å². The third kappa shape index (κ3) is 4.20. The third-order valence-corrected chi connectivity index (χ3v) is 5.91. The van der Waals surface area contributed by atoms with Gasteiger partial charge < -0.3 is 15.4 Å². The van der Waals surface area contributed by atoms with E-state index in [4.69, 9.17) is 10.5 Å². The van der Waals surface area contributed by atoms with E-state index in [0.717, 1.165) is 36.2 Å². The van der Waals surface area contributed by atoms with Gasteiger partial charge in [-0.1, -0.05) is 19.3 Å². The fraction of sp³-hybridized carbons (Fsp3) is 0.600. The number of nitrogens with zero attached hydrogens (tertiary/aromatic N) is 6. The molecular weight excluding hydrogens is 386 g/mol. The fourth-order valence-electron chi connectivity index (χ4n) is 4.02. The number of anilines is 1. The molecule has 160 valence electrons. The van der Waals surface area contributed by atoms with Gasteiger partial charge in [-0.3, -0.25) is 9.59 Å². The van der Waals surface area contributed by atoms with Crippen LogP contribution >= 0.6 is 0 Å². The van der Waals surface area contributed by atoms with Gasteiger partial charge >= 0.3 is 5.97 Å². The summed E-state index contributed by atoms with van der Waals surface area (Å²) in [5, 5.41) is 13.7. The standard InChI is InChI=1S/C20H27N7O3/c1-13-15(14(2)27-19(23-13)24-18(22)25-27)7-8-17(29)30-11-16(28)26(3)20(12-21)9-5-4-6-10-20/h4-11H2,1-3H3,(H2,22,25). The number of carbonyl (C=O) groups is 2. The fourth-order valence-corrected chi connectivity index (χ4v) is 4.02. The van der Waals surface area contributed by atoms with Crippen LogP contribution in [-0.2, 0) is 20.7 Å². The summed E-state index contributed by atoms with van der Waals surface area (Å²) in [6, 6.07) is 2.30. The zero-order valence-electron chi connectivity index (χ0n) is 17.6. The first-order valence-corrected chi connectivity index (χ1v) is 10.1. The SMILES string of the molecule is Cc1nc2nc(N)nn2c(C)c1CCC(=O)OCC(=O)N(C)C1(C#N)CCCCC1. The van der Waals surface area contributed by atoms with Gasteiger partial charge in [0.25, 0.3) is 11.7 Å². The number of rotatable bonds is 6. The maximum Gasteiger partial charge on any atom is 0.306 e. The predicted molar refractivity (Wildman–Crippen MR) is 108 cm³/mol. The zero-order valence-corrected chi connectivity index (χ0v) is 17.6. The quantitative estimate of drug-likeness (QED) is 0.702. The summed E-state index contributed by atoms with van der Waals surface area (Å²) in [7, 11) is 1.61. The van der Waals surface area contributed by atoms with Gasteiger partial charge in [-0.2, -0.15) is 14.8 Å². The summed E-state index contributed by atoms with van der Waals surface area (Å²) in [5.74, 6) is -0.294. The Balaban J connectivity index is 1.57. The number of nitrogen functional groups attached to an aromatic ring is 1. The molecule has 10 heteroatoms. The molecule has 0 aromatic carbocycles. The lowest BCUT2D eigenvalue weighted by molar-refractivity contribution is -0.153. The van der Waals surface area contributed by atoms with Crippen LogP contribution in [0.5, 0.6) is 0 Å². The van der Waals surface area contributed by atoms with Gasteiger partial charge in [-0.25, -0.2) is 4.98 Å². The summed E-state index contributed by atoms with van der Waals surface area (Å²) in [4.78, 5) is 34.6. The molecule has 1 amide bonds. The number of aromatic nitrogens is 4. The first kappa shape index (κ1) is 21.5. The Morgan fingerprint density at radius 3 is 2.63 bits per heavy atom. The number of ether oxygens (including phenoxy) is 1. The maximum atomic E-state index is 12.5. The van der Waals surface area contributed by atoms with Crippen molar-refractivity contribution in [3.05, 3.63) is 17.0 Å². The smallest absolute Gasteiger partial charge is 0.306 e. The molecule has 0 aliphatic heterocycles. The largest absolute Gasteiger partial charge is 0.456 e. The van der Waals surface area contributed by atoms with Gasteiger partial charge in [0.1, 0.15) is 5.54 Å². The Morgan fingerprint density at radius 1 is 1.27 bits per heavy atom. The number of hydrogen-bond donors (Lipinski definition) is 1. The Kier molecular flexibility index (Phi) is 6.20. The lowest BCUT2D eigenvalue weighted by atomic mass is 9.81. The molecule has 0 atom stereocenters. The Bertz CT molecular complexity index is 1000. The van der Waals surface area contributed by atoms with E-state index in [2.05, 4.69) is 21.1 Å². The van der Waals surface area contributed by atoms with Crippen molar-refractivity contribution in [1.29, 1.82) is 5.26 Å². The van der Waals surface area contributed by atoms with Gasteiger partial charge in [0.15, 0.2) is 6.61 Å². The van der Waals surface area contributed by atoms with Crippen molar-refractivity contribution < 1.29 is 14.3 Å². The molecule has 1 saturated carbocycles. The van der Waals surface area contributed by atoms with Crippen LogP contribution in [0.1, 0.15) is 55.5 Å². The van der Waals surface area contributed by atoms with Gasteiger partial charge in [0.2, 0.25) is 5.95 Å². The first-order chi connectivity index (χ1) is 14.3. The molecule has 3 rings (SSSR count). The first-order valence-electron chi connectivity index (χ1n) is 10.1. The molecule has 0 radical (unpaired) electrons. The highest BCUT2D eigenvalue weighted by Crippen LogP contribution is 2.32. The molecule has 2 aromatic rings. The minimum absolute atomic E-state index is 0.0967. The number of likely N-dealkylation sites (N-methyl/N-ethyl adjacent to an activating group) is 1. The van der Waals surface area contributed by atoms with Crippen LogP contribution in [0.4, 0.5) is 5.95 Å². The number of carbonyl (C=O) groups excluding carboxylic acids is 2. The molecule has 0 bridgehead atoms. The van der Waals surface area contributed by atoms with Gasteiger partial charge in [0, 0.05) is 24.9 Å². The maximum absolute atomic E-state index is 12.5. The van der Waals surface area contributed by atoms with Crippen molar-refractivity contribution in [2.75, 3.05) is 19.4 Å². The molecule has 2 heterocycles. The number of hydrogen-bond acceptors (Lipinski definition) is 8. The number of amides is 1. The number of esters is 1. The average Bonchev–Trinajstić information content (AvgIpc) is 3.11. The highest BCUT2D eigenvalue weighted by molar-refractivity contribution is 5.81. The summed E-state index contributed by atoms with van der Waals surface area (Å²) >= 11 is 0. The monoisotopic (exact) mass is 413 g/mol. The van der Waals surface area contributed by atoms with Crippen LogP contribution in [-0.4, -0.2) is 55.6 Å². The van der Waals surface area contributed by atoms with Crippen LogP contribution in [0.3, 0.4) is 0 Å². The lowest BCUT2D eigenvalue weighted by Crippen LogP contribution is -2.51. The average molecular weight is 413 g/mol. The molecule has 0 saturated heterocycles. The Hall–Kier alpha value is -3.22. The topological polar surface area (TPSA) is 140 Å². The Morgan fingerprint density at radius 2 is 1.97 bits per heavy atom. The van der Waals surface area contributed by atoms with Crippen LogP contribution in [0.25, 0.3) is 5.78 Å². The van der Waals surface area contributed by atoms with Crippen LogP contribution < -0.4 is 5.73 Å². The van der Waals surface area contributed by atoms with Crippen molar-refractivity contribution in [3.8, 4) is 6.07 Å². The van der Waals surface area contributed by atoms with Crippen LogP contribution in [0, 0.1) is 25.2 Å². The third-order valence-electron chi connectivity index (χ3n) is 5.91. The molecule has 0 unspecified atom stereocenters. The van der Waals surface area contributed by atoms with Crippen LogP contribution in [0.2, 0.25) is 0 Å². The summed E-state index contributed by atoms with van der Waals surface area (Å²) in [5.41, 5.74) is 7.24. The summed E-state index contributed by atoms with van der Waals surface area (Å²) < 4.78 is 6.73. The van der Waals surface area contributed by atoms with Gasteiger partial charge in [-0.15, -0.1) is 5.10 Å². The van der Waals surface area contributed by atoms with Crippen molar-refractivity contribution in [3.63, 3.8) is 0 Å². The van der Waals surface area contributed by atoms with E-state index in [1.807, 2.05) is 13.8 Å². The predicted octanol–water partition coefficient (Wildman–Crippen LogP) is 1.48. The van der Waals surface area contributed by atoms with E-state index in [9.17, 15) is 14.9 Å². The van der Waals surface area contributed by atoms with E-state index in [0.29, 0.717) is 25.0 Å². The number of aryl methyl sites for hydroxylation is 2. The van der Waals surface area contributed by atoms with E-state index >= 15 is 0 Å². The highest BCUT2D eigenvalue weighted by Gasteiger charge is 2.39. The number of nitriles is 1. The van der Waals surface area contributed by atoms with Crippen molar-refractivity contribution in [2.24, 2.45) is 0 Å². The molecule has 1 aliphatic carbocycles.